The molecule has 0 amide bonds. The van der Waals surface area contributed by atoms with Crippen LogP contribution in [0.2, 0.25) is 0 Å². The Morgan fingerprint density at radius 2 is 2.00 bits per heavy atom. The second kappa shape index (κ2) is 5.20. The highest BCUT2D eigenvalue weighted by molar-refractivity contribution is 5.76. The van der Waals surface area contributed by atoms with Gasteiger partial charge >= 0.3 is 0 Å². The van der Waals surface area contributed by atoms with Gasteiger partial charge in [-0.15, -0.1) is 0 Å². The zero-order chi connectivity index (χ0) is 13.1. The standard InChI is InChI=1S/C15H15N3O/c1-2-16-10-11-3-4-13-14(9-11)19-15(18-13)12-5-7-17-8-6-12/h3-9,16H,2,10H2,1H3. The molecule has 1 aromatic carbocycles. The Labute approximate surface area is 111 Å². The van der Waals surface area contributed by atoms with E-state index in [0.717, 1.165) is 29.8 Å². The number of pyridine rings is 1. The molecule has 0 saturated heterocycles. The fourth-order valence-corrected chi connectivity index (χ4v) is 1.97. The van der Waals surface area contributed by atoms with Gasteiger partial charge < -0.3 is 9.73 Å². The van der Waals surface area contributed by atoms with Gasteiger partial charge in [-0.3, -0.25) is 4.98 Å². The van der Waals surface area contributed by atoms with Crippen LogP contribution < -0.4 is 5.32 Å². The molecule has 0 spiro atoms. The van der Waals surface area contributed by atoms with Gasteiger partial charge in [-0.05, 0) is 36.4 Å². The molecule has 0 unspecified atom stereocenters. The number of oxazole rings is 1. The van der Waals surface area contributed by atoms with Gasteiger partial charge in [0.05, 0.1) is 0 Å². The van der Waals surface area contributed by atoms with E-state index in [1.165, 1.54) is 5.56 Å². The van der Waals surface area contributed by atoms with E-state index in [4.69, 9.17) is 4.42 Å². The second-order valence-corrected chi connectivity index (χ2v) is 4.34. The molecule has 0 saturated carbocycles. The predicted octanol–water partition coefficient (Wildman–Crippen LogP) is 3.00. The van der Waals surface area contributed by atoms with Gasteiger partial charge in [0.15, 0.2) is 5.58 Å². The van der Waals surface area contributed by atoms with Gasteiger partial charge in [0.2, 0.25) is 5.89 Å². The van der Waals surface area contributed by atoms with Crippen molar-refractivity contribution in [3.8, 4) is 11.5 Å². The van der Waals surface area contributed by atoms with Crippen molar-refractivity contribution in [3.63, 3.8) is 0 Å². The molecule has 19 heavy (non-hydrogen) atoms. The Balaban J connectivity index is 1.97. The summed E-state index contributed by atoms with van der Waals surface area (Å²) in [5.74, 6) is 0.637. The van der Waals surface area contributed by atoms with Crippen molar-refractivity contribution < 1.29 is 4.42 Å². The van der Waals surface area contributed by atoms with Crippen LogP contribution in [0.4, 0.5) is 0 Å². The molecule has 2 aromatic heterocycles. The Kier molecular flexibility index (Phi) is 3.25. The summed E-state index contributed by atoms with van der Waals surface area (Å²) < 4.78 is 5.81. The maximum atomic E-state index is 5.81. The van der Waals surface area contributed by atoms with Crippen molar-refractivity contribution in [2.75, 3.05) is 6.54 Å². The van der Waals surface area contributed by atoms with Crippen LogP contribution in [0.5, 0.6) is 0 Å². The van der Waals surface area contributed by atoms with Crippen molar-refractivity contribution in [1.29, 1.82) is 0 Å². The molecule has 3 rings (SSSR count). The Bertz CT molecular complexity index is 676. The van der Waals surface area contributed by atoms with Gasteiger partial charge in [-0.2, -0.15) is 0 Å². The van der Waals surface area contributed by atoms with E-state index in [1.807, 2.05) is 24.3 Å². The number of nitrogens with one attached hydrogen (secondary N) is 1. The maximum Gasteiger partial charge on any atom is 0.227 e. The predicted molar refractivity (Wildman–Crippen MR) is 74.6 cm³/mol. The summed E-state index contributed by atoms with van der Waals surface area (Å²) in [6.45, 7) is 3.89. The molecule has 4 nitrogen and oxygen atoms in total. The van der Waals surface area contributed by atoms with Gasteiger partial charge in [0, 0.05) is 24.5 Å². The largest absolute Gasteiger partial charge is 0.436 e. The van der Waals surface area contributed by atoms with E-state index in [0.29, 0.717) is 5.89 Å². The lowest BCUT2D eigenvalue weighted by Gasteiger charge is -2.00. The van der Waals surface area contributed by atoms with Crippen LogP contribution in [-0.4, -0.2) is 16.5 Å². The molecule has 96 valence electrons. The SMILES string of the molecule is CCNCc1ccc2nc(-c3ccncc3)oc2c1. The molecule has 1 N–H and O–H groups in total. The Hall–Kier alpha value is -2.20. The van der Waals surface area contributed by atoms with E-state index < -0.39 is 0 Å². The third-order valence-corrected chi connectivity index (χ3v) is 2.96. The molecule has 0 radical (unpaired) electrons. The van der Waals surface area contributed by atoms with Gasteiger partial charge in [0.1, 0.15) is 5.52 Å². The summed E-state index contributed by atoms with van der Waals surface area (Å²) >= 11 is 0. The Morgan fingerprint density at radius 3 is 2.79 bits per heavy atom. The number of rotatable bonds is 4. The highest BCUT2D eigenvalue weighted by Gasteiger charge is 2.08. The zero-order valence-electron chi connectivity index (χ0n) is 10.8. The number of hydrogen-bond donors (Lipinski definition) is 1. The lowest BCUT2D eigenvalue weighted by molar-refractivity contribution is 0.618. The van der Waals surface area contributed by atoms with E-state index in [1.54, 1.807) is 12.4 Å². The lowest BCUT2D eigenvalue weighted by atomic mass is 10.2. The number of benzene rings is 1. The van der Waals surface area contributed by atoms with E-state index >= 15 is 0 Å². The number of fused-ring (bicyclic) bond motifs is 1. The lowest BCUT2D eigenvalue weighted by Crippen LogP contribution is -2.11. The minimum absolute atomic E-state index is 0.637. The quantitative estimate of drug-likeness (QED) is 0.776. The molecule has 0 atom stereocenters. The highest BCUT2D eigenvalue weighted by Crippen LogP contribution is 2.24. The number of hydrogen-bond acceptors (Lipinski definition) is 4. The van der Waals surface area contributed by atoms with Crippen LogP contribution in [0.3, 0.4) is 0 Å². The minimum atomic E-state index is 0.637. The second-order valence-electron chi connectivity index (χ2n) is 4.34. The fourth-order valence-electron chi connectivity index (χ4n) is 1.97. The molecular weight excluding hydrogens is 238 g/mol. The molecule has 0 aliphatic rings. The molecular formula is C15H15N3O. The van der Waals surface area contributed by atoms with Gasteiger partial charge in [0.25, 0.3) is 0 Å². The Morgan fingerprint density at radius 1 is 1.16 bits per heavy atom. The third-order valence-electron chi connectivity index (χ3n) is 2.96. The first-order chi connectivity index (χ1) is 9.36. The highest BCUT2D eigenvalue weighted by atomic mass is 16.3. The summed E-state index contributed by atoms with van der Waals surface area (Å²) in [5, 5.41) is 3.30. The molecule has 3 aromatic rings. The maximum absolute atomic E-state index is 5.81. The number of nitrogens with zero attached hydrogens (tertiary/aromatic N) is 2. The summed E-state index contributed by atoms with van der Waals surface area (Å²) in [4.78, 5) is 8.48. The summed E-state index contributed by atoms with van der Waals surface area (Å²) in [6, 6.07) is 9.89. The van der Waals surface area contributed by atoms with Gasteiger partial charge in [-0.1, -0.05) is 13.0 Å². The fraction of sp³-hybridized carbons (Fsp3) is 0.200. The minimum Gasteiger partial charge on any atom is -0.436 e. The van der Waals surface area contributed by atoms with Crippen LogP contribution in [0.25, 0.3) is 22.6 Å². The molecule has 4 heteroatoms. The molecule has 0 fully saturated rings. The van der Waals surface area contributed by atoms with Gasteiger partial charge in [-0.25, -0.2) is 4.98 Å². The topological polar surface area (TPSA) is 51.0 Å². The molecule has 0 bridgehead atoms. The zero-order valence-corrected chi connectivity index (χ0v) is 10.8. The van der Waals surface area contributed by atoms with Crippen LogP contribution in [0, 0.1) is 0 Å². The van der Waals surface area contributed by atoms with Crippen LogP contribution in [0.1, 0.15) is 12.5 Å². The van der Waals surface area contributed by atoms with Crippen LogP contribution >= 0.6 is 0 Å². The van der Waals surface area contributed by atoms with Crippen LogP contribution in [-0.2, 0) is 6.54 Å². The first-order valence-electron chi connectivity index (χ1n) is 6.37. The molecule has 2 heterocycles. The summed E-state index contributed by atoms with van der Waals surface area (Å²) in [6.07, 6.45) is 3.47. The van der Waals surface area contributed by atoms with E-state index in [2.05, 4.69) is 28.3 Å². The van der Waals surface area contributed by atoms with E-state index in [9.17, 15) is 0 Å². The first kappa shape index (κ1) is 11.9. The van der Waals surface area contributed by atoms with Crippen molar-refractivity contribution in [2.45, 2.75) is 13.5 Å². The molecule has 0 aliphatic heterocycles. The van der Waals surface area contributed by atoms with Crippen molar-refractivity contribution in [2.24, 2.45) is 0 Å². The van der Waals surface area contributed by atoms with E-state index in [-0.39, 0.29) is 0 Å². The smallest absolute Gasteiger partial charge is 0.227 e. The first-order valence-corrected chi connectivity index (χ1v) is 6.37. The third kappa shape index (κ3) is 2.48. The monoisotopic (exact) mass is 253 g/mol. The average Bonchev–Trinajstić information content (AvgIpc) is 2.89. The van der Waals surface area contributed by atoms with Crippen molar-refractivity contribution in [1.82, 2.24) is 15.3 Å². The average molecular weight is 253 g/mol. The normalized spacial score (nSPS) is 11.0. The molecule has 0 aliphatic carbocycles. The summed E-state index contributed by atoms with van der Waals surface area (Å²) in [7, 11) is 0. The number of aromatic nitrogens is 2. The van der Waals surface area contributed by atoms with Crippen molar-refractivity contribution >= 4 is 11.1 Å². The van der Waals surface area contributed by atoms with Crippen molar-refractivity contribution in [3.05, 3.63) is 48.3 Å². The van der Waals surface area contributed by atoms with Crippen LogP contribution in [0.15, 0.2) is 47.1 Å². The summed E-state index contributed by atoms with van der Waals surface area (Å²) in [5.41, 5.74) is 3.85.